The first kappa shape index (κ1) is 12.8. The fourth-order valence-electron chi connectivity index (χ4n) is 1.85. The number of benzene rings is 1. The van der Waals surface area contributed by atoms with Crippen molar-refractivity contribution in [1.82, 2.24) is 10.5 Å². The van der Waals surface area contributed by atoms with Crippen molar-refractivity contribution in [2.45, 2.75) is 39.8 Å². The molecule has 2 rings (SSSR count). The number of hydrogen-bond donors (Lipinski definition) is 1. The molecule has 0 aliphatic carbocycles. The largest absolute Gasteiger partial charge is 0.360 e. The molecule has 0 spiro atoms. The fourth-order valence-corrected chi connectivity index (χ4v) is 1.85. The highest BCUT2D eigenvalue weighted by Crippen LogP contribution is 2.14. The van der Waals surface area contributed by atoms with Crippen LogP contribution >= 0.6 is 0 Å². The maximum atomic E-state index is 5.14. The summed E-state index contributed by atoms with van der Waals surface area (Å²) in [6, 6.07) is 10.7. The second kappa shape index (κ2) is 5.83. The Morgan fingerprint density at radius 1 is 1.17 bits per heavy atom. The van der Waals surface area contributed by atoms with Crippen LogP contribution in [0.5, 0.6) is 0 Å². The number of aromatic nitrogens is 1. The molecular formula is C15H20N2O. The third-order valence-corrected chi connectivity index (χ3v) is 2.95. The monoisotopic (exact) mass is 244 g/mol. The van der Waals surface area contributed by atoms with Gasteiger partial charge in [0.05, 0.1) is 12.2 Å². The molecule has 3 nitrogen and oxygen atoms in total. The average molecular weight is 244 g/mol. The molecule has 0 amide bonds. The third-order valence-electron chi connectivity index (χ3n) is 2.95. The summed E-state index contributed by atoms with van der Waals surface area (Å²) in [6.07, 6.45) is 0. The van der Waals surface area contributed by atoms with Crippen LogP contribution in [0.4, 0.5) is 0 Å². The minimum absolute atomic E-state index is 0.587. The van der Waals surface area contributed by atoms with E-state index in [2.05, 4.69) is 48.6 Å². The molecule has 0 aliphatic rings. The van der Waals surface area contributed by atoms with E-state index < -0.39 is 0 Å². The van der Waals surface area contributed by atoms with Crippen molar-refractivity contribution in [3.63, 3.8) is 0 Å². The topological polar surface area (TPSA) is 38.1 Å². The summed E-state index contributed by atoms with van der Waals surface area (Å²) in [4.78, 5) is 0. The van der Waals surface area contributed by atoms with Crippen LogP contribution in [0.2, 0.25) is 0 Å². The van der Waals surface area contributed by atoms with Gasteiger partial charge in [0.25, 0.3) is 0 Å². The van der Waals surface area contributed by atoms with Crippen molar-refractivity contribution in [1.29, 1.82) is 0 Å². The maximum absolute atomic E-state index is 5.14. The quantitative estimate of drug-likeness (QED) is 0.876. The first-order valence-corrected chi connectivity index (χ1v) is 6.37. The molecule has 18 heavy (non-hydrogen) atoms. The van der Waals surface area contributed by atoms with Crippen LogP contribution < -0.4 is 5.32 Å². The molecule has 1 heterocycles. The van der Waals surface area contributed by atoms with E-state index >= 15 is 0 Å². The fraction of sp³-hybridized carbons (Fsp3) is 0.400. The zero-order valence-corrected chi connectivity index (χ0v) is 11.2. The summed E-state index contributed by atoms with van der Waals surface area (Å²) in [5.41, 5.74) is 3.59. The Bertz CT molecular complexity index is 485. The molecule has 0 aliphatic heterocycles. The van der Waals surface area contributed by atoms with Gasteiger partial charge in [-0.25, -0.2) is 0 Å². The summed E-state index contributed by atoms with van der Waals surface area (Å²) in [5.74, 6) is 1.47. The molecule has 1 aromatic heterocycles. The zero-order valence-electron chi connectivity index (χ0n) is 11.2. The van der Waals surface area contributed by atoms with Gasteiger partial charge < -0.3 is 9.84 Å². The average Bonchev–Trinajstić information content (AvgIpc) is 2.76. The van der Waals surface area contributed by atoms with Crippen molar-refractivity contribution in [2.24, 2.45) is 0 Å². The molecule has 0 saturated carbocycles. The van der Waals surface area contributed by atoms with Gasteiger partial charge >= 0.3 is 0 Å². The number of rotatable bonds is 5. The molecule has 2 aromatic rings. The van der Waals surface area contributed by atoms with Crippen LogP contribution in [-0.4, -0.2) is 5.16 Å². The lowest BCUT2D eigenvalue weighted by Gasteiger charge is -2.07. The first-order chi connectivity index (χ1) is 8.65. The van der Waals surface area contributed by atoms with Gasteiger partial charge in [0.15, 0.2) is 5.76 Å². The molecule has 0 fully saturated rings. The van der Waals surface area contributed by atoms with E-state index in [1.807, 2.05) is 13.0 Å². The van der Waals surface area contributed by atoms with E-state index in [1.165, 1.54) is 11.1 Å². The van der Waals surface area contributed by atoms with E-state index in [4.69, 9.17) is 4.52 Å². The minimum Gasteiger partial charge on any atom is -0.360 e. The Morgan fingerprint density at radius 2 is 1.89 bits per heavy atom. The zero-order chi connectivity index (χ0) is 13.0. The molecule has 96 valence electrons. The Kier molecular flexibility index (Phi) is 4.15. The highest BCUT2D eigenvalue weighted by Gasteiger charge is 2.01. The third kappa shape index (κ3) is 3.44. The van der Waals surface area contributed by atoms with E-state index in [-0.39, 0.29) is 0 Å². The van der Waals surface area contributed by atoms with Crippen LogP contribution in [0.15, 0.2) is 34.9 Å². The van der Waals surface area contributed by atoms with Gasteiger partial charge in [0.1, 0.15) is 0 Å². The van der Waals surface area contributed by atoms with Crippen molar-refractivity contribution in [2.75, 3.05) is 0 Å². The minimum atomic E-state index is 0.587. The van der Waals surface area contributed by atoms with Crippen molar-refractivity contribution in [3.8, 4) is 0 Å². The van der Waals surface area contributed by atoms with E-state index in [1.54, 1.807) is 0 Å². The van der Waals surface area contributed by atoms with Crippen LogP contribution in [0.3, 0.4) is 0 Å². The molecule has 0 bridgehead atoms. The van der Waals surface area contributed by atoms with E-state index in [9.17, 15) is 0 Å². The van der Waals surface area contributed by atoms with Crippen LogP contribution in [0.25, 0.3) is 0 Å². The first-order valence-electron chi connectivity index (χ1n) is 6.37. The molecule has 0 saturated heterocycles. The number of nitrogens with zero attached hydrogens (tertiary/aromatic N) is 1. The molecule has 0 atom stereocenters. The summed E-state index contributed by atoms with van der Waals surface area (Å²) in [5, 5.41) is 7.20. The normalized spacial score (nSPS) is 11.1. The van der Waals surface area contributed by atoms with Crippen LogP contribution in [0, 0.1) is 6.92 Å². The van der Waals surface area contributed by atoms with E-state index in [0.29, 0.717) is 12.5 Å². The highest BCUT2D eigenvalue weighted by atomic mass is 16.5. The lowest BCUT2D eigenvalue weighted by molar-refractivity contribution is 0.369. The molecule has 1 aromatic carbocycles. The second-order valence-corrected chi connectivity index (χ2v) is 4.93. The summed E-state index contributed by atoms with van der Waals surface area (Å²) in [7, 11) is 0. The molecule has 0 unspecified atom stereocenters. The Balaban J connectivity index is 1.83. The lowest BCUT2D eigenvalue weighted by atomic mass is 10.0. The van der Waals surface area contributed by atoms with Crippen molar-refractivity contribution in [3.05, 3.63) is 52.9 Å². The van der Waals surface area contributed by atoms with Gasteiger partial charge in [-0.3, -0.25) is 0 Å². The van der Waals surface area contributed by atoms with E-state index in [0.717, 1.165) is 18.0 Å². The number of hydrogen-bond acceptors (Lipinski definition) is 3. The highest BCUT2D eigenvalue weighted by molar-refractivity contribution is 5.24. The molecule has 1 N–H and O–H groups in total. The van der Waals surface area contributed by atoms with Gasteiger partial charge in [-0.2, -0.15) is 0 Å². The van der Waals surface area contributed by atoms with Gasteiger partial charge in [-0.05, 0) is 24.0 Å². The number of aryl methyl sites for hydroxylation is 1. The smallest absolute Gasteiger partial charge is 0.150 e. The SMILES string of the molecule is Cc1cc(CNCc2ccc(C(C)C)cc2)on1. The predicted octanol–water partition coefficient (Wildman–Crippen LogP) is 3.40. The maximum Gasteiger partial charge on any atom is 0.150 e. The molecular weight excluding hydrogens is 224 g/mol. The van der Waals surface area contributed by atoms with Crippen molar-refractivity contribution >= 4 is 0 Å². The van der Waals surface area contributed by atoms with Gasteiger partial charge in [0.2, 0.25) is 0 Å². The lowest BCUT2D eigenvalue weighted by Crippen LogP contribution is -2.12. The Labute approximate surface area is 108 Å². The van der Waals surface area contributed by atoms with Crippen molar-refractivity contribution < 1.29 is 4.52 Å². The summed E-state index contributed by atoms with van der Waals surface area (Å²) < 4.78 is 5.14. The van der Waals surface area contributed by atoms with Crippen LogP contribution in [-0.2, 0) is 13.1 Å². The van der Waals surface area contributed by atoms with Gasteiger partial charge in [-0.15, -0.1) is 0 Å². The summed E-state index contributed by atoms with van der Waals surface area (Å²) >= 11 is 0. The Hall–Kier alpha value is -1.61. The van der Waals surface area contributed by atoms with Gasteiger partial charge in [0, 0.05) is 12.6 Å². The standard InChI is InChI=1S/C15H20N2O/c1-11(2)14-6-4-13(5-7-14)9-16-10-15-8-12(3)17-18-15/h4-8,11,16H,9-10H2,1-3H3. The summed E-state index contributed by atoms with van der Waals surface area (Å²) in [6.45, 7) is 7.90. The molecule has 0 radical (unpaired) electrons. The Morgan fingerprint density at radius 3 is 2.44 bits per heavy atom. The van der Waals surface area contributed by atoms with Gasteiger partial charge in [-0.1, -0.05) is 43.3 Å². The molecule has 3 heteroatoms. The predicted molar refractivity (Wildman–Crippen MR) is 72.3 cm³/mol. The number of nitrogens with one attached hydrogen (secondary N) is 1. The second-order valence-electron chi connectivity index (χ2n) is 4.93. The van der Waals surface area contributed by atoms with Crippen LogP contribution in [0.1, 0.15) is 42.3 Å².